The fourth-order valence-corrected chi connectivity index (χ4v) is 6.81. The molecule has 2 aromatic carbocycles. The molecule has 0 unspecified atom stereocenters. The largest absolute Gasteiger partial charge is 0.383 e. The molecule has 11 heteroatoms. The molecule has 0 aliphatic heterocycles. The highest BCUT2D eigenvalue weighted by Gasteiger charge is 2.29. The van der Waals surface area contributed by atoms with Crippen LogP contribution in [0.1, 0.15) is 62.6 Å². The van der Waals surface area contributed by atoms with Gasteiger partial charge in [-0.25, -0.2) is 26.6 Å². The second-order valence-electron chi connectivity index (χ2n) is 10.4. The Hall–Kier alpha value is -3.44. The second kappa shape index (κ2) is 10.3. The number of nitrogens with two attached hydrogens (primary N) is 2. The molecule has 0 atom stereocenters. The van der Waals surface area contributed by atoms with Crippen LogP contribution in [0.5, 0.6) is 0 Å². The quantitative estimate of drug-likeness (QED) is 0.317. The van der Waals surface area contributed by atoms with Crippen molar-refractivity contribution in [2.24, 2.45) is 5.73 Å². The summed E-state index contributed by atoms with van der Waals surface area (Å²) in [5, 5.41) is 5.07. The van der Waals surface area contributed by atoms with E-state index in [0.29, 0.717) is 5.39 Å². The summed E-state index contributed by atoms with van der Waals surface area (Å²) in [6.45, 7) is 3.86. The summed E-state index contributed by atoms with van der Waals surface area (Å²) in [7, 11) is -4.27. The van der Waals surface area contributed by atoms with Gasteiger partial charge in [0.05, 0.1) is 16.7 Å². The van der Waals surface area contributed by atoms with E-state index in [1.54, 1.807) is 10.9 Å². The molecule has 1 aliphatic rings. The predicted molar refractivity (Wildman–Crippen MR) is 144 cm³/mol. The molecule has 5 rings (SSSR count). The number of anilines is 1. The summed E-state index contributed by atoms with van der Waals surface area (Å²) in [4.78, 5) is 3.80. The Labute approximate surface area is 224 Å². The van der Waals surface area contributed by atoms with E-state index in [2.05, 4.69) is 10.1 Å². The Morgan fingerprint density at radius 2 is 1.72 bits per heavy atom. The molecule has 4 N–H and O–H groups in total. The smallest absolute Gasteiger partial charge is 0.185 e. The van der Waals surface area contributed by atoms with Gasteiger partial charge in [0.1, 0.15) is 33.9 Å². The zero-order valence-electron chi connectivity index (χ0n) is 21.7. The highest BCUT2D eigenvalue weighted by atomic mass is 32.2. The van der Waals surface area contributed by atoms with Crippen molar-refractivity contribution in [2.45, 2.75) is 68.2 Å². The lowest BCUT2D eigenvalue weighted by Crippen LogP contribution is -2.26. The Bertz CT molecular complexity index is 1660. The normalized spacial score (nSPS) is 18.2. The van der Waals surface area contributed by atoms with Crippen molar-refractivity contribution in [3.05, 3.63) is 71.2 Å². The summed E-state index contributed by atoms with van der Waals surface area (Å²) in [6.07, 6.45) is 5.22. The van der Waals surface area contributed by atoms with Crippen molar-refractivity contribution in [3.63, 3.8) is 0 Å². The number of hydrogen-bond donors (Lipinski definition) is 2. The third-order valence-corrected chi connectivity index (χ3v) is 9.08. The molecule has 0 radical (unpaired) electrons. The number of rotatable bonds is 6. The maximum atomic E-state index is 15.6. The summed E-state index contributed by atoms with van der Waals surface area (Å²) < 4.78 is 72.3. The van der Waals surface area contributed by atoms with Crippen LogP contribution in [0.15, 0.2) is 47.5 Å². The van der Waals surface area contributed by atoms with Crippen molar-refractivity contribution < 1.29 is 21.6 Å². The zero-order valence-corrected chi connectivity index (χ0v) is 22.5. The van der Waals surface area contributed by atoms with Gasteiger partial charge in [-0.15, -0.1) is 0 Å². The third kappa shape index (κ3) is 5.00. The average molecular weight is 558 g/mol. The van der Waals surface area contributed by atoms with Gasteiger partial charge in [-0.3, -0.25) is 4.68 Å². The van der Waals surface area contributed by atoms with E-state index in [4.69, 9.17) is 11.5 Å². The van der Waals surface area contributed by atoms with Crippen LogP contribution in [0.25, 0.3) is 22.2 Å². The molecule has 0 spiro atoms. The first-order chi connectivity index (χ1) is 18.5. The number of nitrogens with zero attached hydrogens (tertiary/aromatic N) is 3. The van der Waals surface area contributed by atoms with Crippen LogP contribution in [0, 0.1) is 17.5 Å². The van der Waals surface area contributed by atoms with Crippen LogP contribution in [0.4, 0.5) is 19.0 Å². The number of hydrogen-bond acceptors (Lipinski definition) is 6. The van der Waals surface area contributed by atoms with Crippen LogP contribution < -0.4 is 11.5 Å². The summed E-state index contributed by atoms with van der Waals surface area (Å²) >= 11 is 0. The fourth-order valence-electron chi connectivity index (χ4n) is 5.37. The highest BCUT2D eigenvalue weighted by molar-refractivity contribution is 7.90. The molecule has 39 heavy (non-hydrogen) atoms. The molecular formula is C28H30F3N5O2S. The first kappa shape index (κ1) is 27.1. The van der Waals surface area contributed by atoms with Crippen LogP contribution in [0.3, 0.4) is 0 Å². The standard InChI is InChI=1S/C28H30F3N5O2S/c1-15(2)36-27-20(16-7-9-18(32)10-8-16)13-34-28(33)25(27)26(35-36)19-12-22(30)17(11-23(19)31)14-39(37,38)24-6-4-3-5-21(24)29/h3-6,11-13,15-16,18H,7-10,14,32H2,1-2H3,(H2,33,34). The van der Waals surface area contributed by atoms with Gasteiger partial charge < -0.3 is 11.5 Å². The monoisotopic (exact) mass is 557 g/mol. The van der Waals surface area contributed by atoms with E-state index in [0.717, 1.165) is 61.0 Å². The van der Waals surface area contributed by atoms with Gasteiger partial charge in [0.25, 0.3) is 0 Å². The lowest BCUT2D eigenvalue weighted by Gasteiger charge is -2.27. The molecule has 0 bridgehead atoms. The van der Waals surface area contributed by atoms with Gasteiger partial charge in [0.2, 0.25) is 0 Å². The van der Waals surface area contributed by atoms with Gasteiger partial charge >= 0.3 is 0 Å². The van der Waals surface area contributed by atoms with Crippen molar-refractivity contribution >= 4 is 26.6 Å². The van der Waals surface area contributed by atoms with Crippen molar-refractivity contribution in [1.29, 1.82) is 0 Å². The fraction of sp³-hybridized carbons (Fsp3) is 0.357. The molecule has 0 amide bonds. The number of sulfone groups is 1. The lowest BCUT2D eigenvalue weighted by atomic mass is 9.82. The van der Waals surface area contributed by atoms with E-state index in [1.807, 2.05) is 13.8 Å². The minimum absolute atomic E-state index is 0.120. The minimum Gasteiger partial charge on any atom is -0.383 e. The molecule has 1 saturated carbocycles. The second-order valence-corrected chi connectivity index (χ2v) is 12.4. The molecular weight excluding hydrogens is 527 g/mol. The van der Waals surface area contributed by atoms with Crippen molar-refractivity contribution in [2.75, 3.05) is 5.73 Å². The third-order valence-electron chi connectivity index (χ3n) is 7.39. The molecule has 1 aliphatic carbocycles. The summed E-state index contributed by atoms with van der Waals surface area (Å²) in [5.74, 6) is -3.39. The molecule has 206 valence electrons. The molecule has 7 nitrogen and oxygen atoms in total. The number of pyridine rings is 1. The zero-order chi connectivity index (χ0) is 28.1. The Kier molecular flexibility index (Phi) is 7.15. The van der Waals surface area contributed by atoms with E-state index < -0.39 is 43.5 Å². The highest BCUT2D eigenvalue weighted by Crippen LogP contribution is 2.42. The first-order valence-electron chi connectivity index (χ1n) is 12.9. The summed E-state index contributed by atoms with van der Waals surface area (Å²) in [5.41, 5.74) is 13.6. The Morgan fingerprint density at radius 3 is 2.38 bits per heavy atom. The lowest BCUT2D eigenvalue weighted by molar-refractivity contribution is 0.395. The number of fused-ring (bicyclic) bond motifs is 1. The van der Waals surface area contributed by atoms with Crippen molar-refractivity contribution in [3.8, 4) is 11.3 Å². The van der Waals surface area contributed by atoms with Gasteiger partial charge in [-0.05, 0) is 75.3 Å². The molecule has 2 aromatic heterocycles. The van der Waals surface area contributed by atoms with E-state index in [1.165, 1.54) is 12.1 Å². The van der Waals surface area contributed by atoms with Gasteiger partial charge in [0, 0.05) is 29.4 Å². The van der Waals surface area contributed by atoms with E-state index >= 15 is 8.78 Å². The Morgan fingerprint density at radius 1 is 1.03 bits per heavy atom. The van der Waals surface area contributed by atoms with Crippen molar-refractivity contribution in [1.82, 2.24) is 14.8 Å². The molecule has 0 saturated heterocycles. The van der Waals surface area contributed by atoms with E-state index in [-0.39, 0.29) is 35.1 Å². The van der Waals surface area contributed by atoms with Crippen LogP contribution in [-0.4, -0.2) is 29.2 Å². The van der Waals surface area contributed by atoms with Gasteiger partial charge in [-0.2, -0.15) is 5.10 Å². The van der Waals surface area contributed by atoms with Crippen LogP contribution in [0.2, 0.25) is 0 Å². The minimum atomic E-state index is -4.27. The Balaban J connectivity index is 1.62. The maximum absolute atomic E-state index is 15.6. The van der Waals surface area contributed by atoms with Crippen LogP contribution >= 0.6 is 0 Å². The molecule has 4 aromatic rings. The molecule has 2 heterocycles. The number of benzene rings is 2. The van der Waals surface area contributed by atoms with Gasteiger partial charge in [-0.1, -0.05) is 12.1 Å². The number of halogens is 3. The SMILES string of the molecule is CC(C)n1nc(-c2cc(F)c(CS(=O)(=O)c3ccccc3F)cc2F)c2c(N)ncc(C3CCC(N)CC3)c21. The average Bonchev–Trinajstić information content (AvgIpc) is 3.29. The van der Waals surface area contributed by atoms with E-state index in [9.17, 15) is 12.8 Å². The summed E-state index contributed by atoms with van der Waals surface area (Å²) in [6, 6.07) is 6.56. The predicted octanol–water partition coefficient (Wildman–Crippen LogP) is 5.64. The van der Waals surface area contributed by atoms with Crippen LogP contribution in [-0.2, 0) is 15.6 Å². The number of nitrogen functional groups attached to an aromatic ring is 1. The number of aromatic nitrogens is 3. The maximum Gasteiger partial charge on any atom is 0.185 e. The molecule has 1 fully saturated rings. The van der Waals surface area contributed by atoms with Gasteiger partial charge in [0.15, 0.2) is 9.84 Å². The topological polar surface area (TPSA) is 117 Å². The first-order valence-corrected chi connectivity index (χ1v) is 14.5.